The fourth-order valence-electron chi connectivity index (χ4n) is 1.67. The standard InChI is InChI=1S/C14H18O3S/c1-10-3-5-11(6-4-10)13(15)8-7-12(9-18-2)14(16)17/h3-6,12H,7-9H2,1-2H3,(H,16,17). The molecule has 0 spiro atoms. The lowest BCUT2D eigenvalue weighted by molar-refractivity contribution is -0.141. The zero-order chi connectivity index (χ0) is 13.5. The Morgan fingerprint density at radius 1 is 1.28 bits per heavy atom. The van der Waals surface area contributed by atoms with Crippen LogP contribution in [0.15, 0.2) is 24.3 Å². The lowest BCUT2D eigenvalue weighted by atomic mass is 9.99. The Bertz CT molecular complexity index is 412. The summed E-state index contributed by atoms with van der Waals surface area (Å²) in [6.07, 6.45) is 2.57. The number of hydrogen-bond acceptors (Lipinski definition) is 3. The Morgan fingerprint density at radius 2 is 1.89 bits per heavy atom. The van der Waals surface area contributed by atoms with Gasteiger partial charge in [0.2, 0.25) is 0 Å². The highest BCUT2D eigenvalue weighted by molar-refractivity contribution is 7.98. The lowest BCUT2D eigenvalue weighted by Crippen LogP contribution is -2.17. The normalized spacial score (nSPS) is 12.1. The second-order valence-electron chi connectivity index (χ2n) is 4.32. The van der Waals surface area contributed by atoms with Crippen LogP contribution in [0.1, 0.15) is 28.8 Å². The number of Topliss-reactive ketones (excluding diaryl/α,β-unsaturated/α-hetero) is 1. The maximum atomic E-state index is 11.9. The molecule has 0 amide bonds. The third kappa shape index (κ3) is 4.53. The largest absolute Gasteiger partial charge is 0.481 e. The molecule has 0 aliphatic heterocycles. The fraction of sp³-hybridized carbons (Fsp3) is 0.429. The van der Waals surface area contributed by atoms with Crippen molar-refractivity contribution in [2.24, 2.45) is 5.92 Å². The highest BCUT2D eigenvalue weighted by Crippen LogP contribution is 2.15. The predicted molar refractivity (Wildman–Crippen MR) is 74.3 cm³/mol. The molecule has 1 aromatic rings. The molecule has 98 valence electrons. The molecule has 1 rings (SSSR count). The number of aliphatic carboxylic acids is 1. The minimum absolute atomic E-state index is 0.0161. The molecule has 0 saturated heterocycles. The van der Waals surface area contributed by atoms with E-state index in [2.05, 4.69) is 0 Å². The van der Waals surface area contributed by atoms with E-state index in [0.29, 0.717) is 24.2 Å². The van der Waals surface area contributed by atoms with Gasteiger partial charge in [-0.15, -0.1) is 0 Å². The van der Waals surface area contributed by atoms with Crippen molar-refractivity contribution < 1.29 is 14.7 Å². The van der Waals surface area contributed by atoms with Gasteiger partial charge in [-0.2, -0.15) is 11.8 Å². The van der Waals surface area contributed by atoms with E-state index in [0.717, 1.165) is 5.56 Å². The first-order valence-electron chi connectivity index (χ1n) is 5.86. The highest BCUT2D eigenvalue weighted by atomic mass is 32.2. The molecule has 18 heavy (non-hydrogen) atoms. The maximum Gasteiger partial charge on any atom is 0.307 e. The van der Waals surface area contributed by atoms with Crippen molar-refractivity contribution in [2.75, 3.05) is 12.0 Å². The number of carboxylic acid groups (broad SMARTS) is 1. The van der Waals surface area contributed by atoms with Crippen molar-refractivity contribution in [3.63, 3.8) is 0 Å². The number of hydrogen-bond donors (Lipinski definition) is 1. The van der Waals surface area contributed by atoms with Crippen LogP contribution in [0, 0.1) is 12.8 Å². The van der Waals surface area contributed by atoms with Crippen molar-refractivity contribution >= 4 is 23.5 Å². The molecular weight excluding hydrogens is 248 g/mol. The molecule has 0 heterocycles. The van der Waals surface area contributed by atoms with E-state index < -0.39 is 11.9 Å². The Hall–Kier alpha value is -1.29. The van der Waals surface area contributed by atoms with Gasteiger partial charge in [0.1, 0.15) is 0 Å². The highest BCUT2D eigenvalue weighted by Gasteiger charge is 2.18. The van der Waals surface area contributed by atoms with Crippen LogP contribution in [-0.2, 0) is 4.79 Å². The van der Waals surface area contributed by atoms with Crippen molar-refractivity contribution in [2.45, 2.75) is 19.8 Å². The predicted octanol–water partition coefficient (Wildman–Crippen LogP) is 3.02. The van der Waals surface area contributed by atoms with Gasteiger partial charge in [0, 0.05) is 17.7 Å². The quantitative estimate of drug-likeness (QED) is 0.771. The van der Waals surface area contributed by atoms with Crippen molar-refractivity contribution in [1.82, 2.24) is 0 Å². The Kier molecular flexibility index (Phi) is 5.92. The molecule has 0 saturated carbocycles. The summed E-state index contributed by atoms with van der Waals surface area (Å²) >= 11 is 1.50. The lowest BCUT2D eigenvalue weighted by Gasteiger charge is -2.09. The Labute approximate surface area is 112 Å². The topological polar surface area (TPSA) is 54.4 Å². The molecule has 0 aromatic heterocycles. The number of thioether (sulfide) groups is 1. The summed E-state index contributed by atoms with van der Waals surface area (Å²) in [6.45, 7) is 1.97. The van der Waals surface area contributed by atoms with Crippen molar-refractivity contribution in [3.05, 3.63) is 35.4 Å². The van der Waals surface area contributed by atoms with Crippen LogP contribution in [0.25, 0.3) is 0 Å². The van der Waals surface area contributed by atoms with E-state index in [1.807, 2.05) is 25.3 Å². The molecule has 0 aliphatic rings. The van der Waals surface area contributed by atoms with Crippen molar-refractivity contribution in [1.29, 1.82) is 0 Å². The summed E-state index contributed by atoms with van der Waals surface area (Å²) < 4.78 is 0. The summed E-state index contributed by atoms with van der Waals surface area (Å²) in [5.41, 5.74) is 1.77. The molecule has 0 fully saturated rings. The fourth-order valence-corrected chi connectivity index (χ4v) is 2.38. The number of ketones is 1. The van der Waals surface area contributed by atoms with E-state index in [1.54, 1.807) is 12.1 Å². The molecule has 1 atom stereocenters. The minimum atomic E-state index is -0.818. The van der Waals surface area contributed by atoms with Crippen LogP contribution in [-0.4, -0.2) is 28.9 Å². The van der Waals surface area contributed by atoms with Crippen LogP contribution in [0.2, 0.25) is 0 Å². The maximum absolute atomic E-state index is 11.9. The smallest absolute Gasteiger partial charge is 0.307 e. The van der Waals surface area contributed by atoms with Gasteiger partial charge < -0.3 is 5.11 Å². The molecule has 0 aliphatic carbocycles. The molecule has 4 heteroatoms. The van der Waals surface area contributed by atoms with Gasteiger partial charge in [-0.05, 0) is 19.6 Å². The Balaban J connectivity index is 2.54. The molecule has 0 bridgehead atoms. The van der Waals surface area contributed by atoms with Gasteiger partial charge in [-0.1, -0.05) is 29.8 Å². The van der Waals surface area contributed by atoms with E-state index in [4.69, 9.17) is 5.11 Å². The summed E-state index contributed by atoms with van der Waals surface area (Å²) in [6, 6.07) is 7.37. The number of benzene rings is 1. The van der Waals surface area contributed by atoms with E-state index in [9.17, 15) is 9.59 Å². The average molecular weight is 266 g/mol. The van der Waals surface area contributed by atoms with Gasteiger partial charge in [0.15, 0.2) is 5.78 Å². The average Bonchev–Trinajstić information content (AvgIpc) is 2.34. The number of carboxylic acids is 1. The van der Waals surface area contributed by atoms with E-state index >= 15 is 0 Å². The summed E-state index contributed by atoms with van der Waals surface area (Å²) in [5.74, 6) is -0.686. The van der Waals surface area contributed by atoms with Gasteiger partial charge >= 0.3 is 5.97 Å². The Morgan fingerprint density at radius 3 is 2.39 bits per heavy atom. The van der Waals surface area contributed by atoms with Gasteiger partial charge in [0.25, 0.3) is 0 Å². The summed E-state index contributed by atoms with van der Waals surface area (Å²) in [4.78, 5) is 22.8. The third-order valence-electron chi connectivity index (χ3n) is 2.81. The van der Waals surface area contributed by atoms with Crippen LogP contribution >= 0.6 is 11.8 Å². The molecule has 1 N–H and O–H groups in total. The minimum Gasteiger partial charge on any atom is -0.481 e. The summed E-state index contributed by atoms with van der Waals surface area (Å²) in [5, 5.41) is 9.00. The van der Waals surface area contributed by atoms with Crippen LogP contribution in [0.3, 0.4) is 0 Å². The number of aryl methyl sites for hydroxylation is 1. The monoisotopic (exact) mass is 266 g/mol. The van der Waals surface area contributed by atoms with E-state index in [-0.39, 0.29) is 5.78 Å². The number of carbonyl (C=O) groups is 2. The van der Waals surface area contributed by atoms with Crippen LogP contribution in [0.5, 0.6) is 0 Å². The second-order valence-corrected chi connectivity index (χ2v) is 5.23. The zero-order valence-corrected chi connectivity index (χ0v) is 11.5. The molecule has 1 aromatic carbocycles. The molecule has 0 radical (unpaired) electrons. The third-order valence-corrected chi connectivity index (χ3v) is 3.55. The van der Waals surface area contributed by atoms with Crippen molar-refractivity contribution in [3.8, 4) is 0 Å². The number of carbonyl (C=O) groups excluding carboxylic acids is 1. The molecular formula is C14H18O3S. The van der Waals surface area contributed by atoms with E-state index in [1.165, 1.54) is 11.8 Å². The van der Waals surface area contributed by atoms with Crippen LogP contribution < -0.4 is 0 Å². The van der Waals surface area contributed by atoms with Crippen LogP contribution in [0.4, 0.5) is 0 Å². The van der Waals surface area contributed by atoms with Gasteiger partial charge in [-0.3, -0.25) is 9.59 Å². The van der Waals surface area contributed by atoms with Gasteiger partial charge in [-0.25, -0.2) is 0 Å². The first-order valence-corrected chi connectivity index (χ1v) is 7.25. The first-order chi connectivity index (χ1) is 8.54. The molecule has 3 nitrogen and oxygen atoms in total. The second kappa shape index (κ2) is 7.21. The summed E-state index contributed by atoms with van der Waals surface area (Å²) in [7, 11) is 0. The van der Waals surface area contributed by atoms with Gasteiger partial charge in [0.05, 0.1) is 5.92 Å². The SMILES string of the molecule is CSCC(CCC(=O)c1ccc(C)cc1)C(=O)O. The first kappa shape index (κ1) is 14.8. The molecule has 1 unspecified atom stereocenters. The zero-order valence-electron chi connectivity index (χ0n) is 10.7. The number of rotatable bonds is 7.